The Kier molecular flexibility index (Phi) is 5.77. The summed E-state index contributed by atoms with van der Waals surface area (Å²) in [5, 5.41) is 5.56. The molecular weight excluding hydrogens is 362 g/mol. The number of rotatable bonds is 5. The number of benzene rings is 3. The van der Waals surface area contributed by atoms with E-state index in [1.807, 2.05) is 42.5 Å². The average molecular weight is 382 g/mol. The number of hydrogen-bond donors (Lipinski definition) is 1. The molecule has 1 atom stereocenters. The van der Waals surface area contributed by atoms with E-state index in [0.29, 0.717) is 17.2 Å². The van der Waals surface area contributed by atoms with Crippen molar-refractivity contribution in [1.29, 1.82) is 0 Å². The maximum absolute atomic E-state index is 12.3. The molecule has 4 nitrogen and oxygen atoms in total. The molecule has 3 aromatic carbocycles. The fourth-order valence-electron chi connectivity index (χ4n) is 3.06. The van der Waals surface area contributed by atoms with Crippen molar-refractivity contribution in [3.05, 3.63) is 76.8 Å². The van der Waals surface area contributed by atoms with E-state index in [4.69, 9.17) is 16.3 Å². The zero-order chi connectivity index (χ0) is 19.4. The molecular formula is C22H20ClNO3. The minimum Gasteiger partial charge on any atom is -0.426 e. The van der Waals surface area contributed by atoms with Gasteiger partial charge in [0.25, 0.3) is 0 Å². The van der Waals surface area contributed by atoms with Crippen LogP contribution in [0.1, 0.15) is 37.4 Å². The number of carbonyl (C=O) groups is 2. The monoisotopic (exact) mass is 381 g/mol. The Hall–Kier alpha value is -2.85. The summed E-state index contributed by atoms with van der Waals surface area (Å²) in [5.41, 5.74) is 1.60. The van der Waals surface area contributed by atoms with Crippen molar-refractivity contribution in [2.24, 2.45) is 0 Å². The van der Waals surface area contributed by atoms with E-state index in [9.17, 15) is 9.59 Å². The minimum atomic E-state index is -0.477. The number of ether oxygens (including phenoxy) is 1. The van der Waals surface area contributed by atoms with Gasteiger partial charge in [0.2, 0.25) is 5.91 Å². The van der Waals surface area contributed by atoms with Gasteiger partial charge in [-0.25, -0.2) is 0 Å². The second kappa shape index (κ2) is 8.23. The molecule has 1 amide bonds. The van der Waals surface area contributed by atoms with Crippen LogP contribution >= 0.6 is 11.6 Å². The third-order valence-electron chi connectivity index (χ3n) is 4.30. The van der Waals surface area contributed by atoms with E-state index in [1.165, 1.54) is 6.92 Å². The summed E-state index contributed by atoms with van der Waals surface area (Å²) < 4.78 is 5.48. The maximum Gasteiger partial charge on any atom is 0.308 e. The first-order chi connectivity index (χ1) is 13.0. The van der Waals surface area contributed by atoms with E-state index in [1.54, 1.807) is 25.1 Å². The highest BCUT2D eigenvalue weighted by molar-refractivity contribution is 6.30. The van der Waals surface area contributed by atoms with Crippen LogP contribution in [0.15, 0.2) is 60.7 Å². The summed E-state index contributed by atoms with van der Waals surface area (Å²) in [7, 11) is 0. The quantitative estimate of drug-likeness (QED) is 0.498. The Morgan fingerprint density at radius 2 is 1.74 bits per heavy atom. The number of fused-ring (bicyclic) bond motifs is 1. The van der Waals surface area contributed by atoms with Gasteiger partial charge in [-0.15, -0.1) is 0 Å². The third kappa shape index (κ3) is 4.29. The van der Waals surface area contributed by atoms with Crippen LogP contribution in [0.2, 0.25) is 5.02 Å². The Bertz CT molecular complexity index is 983. The number of nitrogens with one attached hydrogen (secondary N) is 1. The molecule has 0 aliphatic rings. The molecule has 0 bridgehead atoms. The van der Waals surface area contributed by atoms with Crippen molar-refractivity contribution in [3.8, 4) is 5.75 Å². The van der Waals surface area contributed by atoms with Gasteiger partial charge in [0.1, 0.15) is 5.75 Å². The van der Waals surface area contributed by atoms with E-state index < -0.39 is 12.0 Å². The minimum absolute atomic E-state index is 0.100. The van der Waals surface area contributed by atoms with Crippen molar-refractivity contribution in [1.82, 2.24) is 5.32 Å². The summed E-state index contributed by atoms with van der Waals surface area (Å²) in [5.74, 6) is -0.0857. The number of amides is 1. The van der Waals surface area contributed by atoms with Crippen molar-refractivity contribution in [2.75, 3.05) is 0 Å². The molecule has 3 rings (SSSR count). The van der Waals surface area contributed by atoms with Gasteiger partial charge in [-0.1, -0.05) is 61.0 Å². The molecule has 0 unspecified atom stereocenters. The van der Waals surface area contributed by atoms with Crippen LogP contribution in [-0.2, 0) is 9.59 Å². The number of carbonyl (C=O) groups excluding carboxylic acids is 2. The van der Waals surface area contributed by atoms with Crippen LogP contribution in [0.3, 0.4) is 0 Å². The largest absolute Gasteiger partial charge is 0.426 e. The molecule has 0 heterocycles. The highest BCUT2D eigenvalue weighted by Crippen LogP contribution is 2.37. The lowest BCUT2D eigenvalue weighted by molar-refractivity contribution is -0.131. The lowest BCUT2D eigenvalue weighted by atomic mass is 9.92. The van der Waals surface area contributed by atoms with Crippen molar-refractivity contribution < 1.29 is 14.3 Å². The normalized spacial score (nSPS) is 11.8. The van der Waals surface area contributed by atoms with Crippen LogP contribution in [0, 0.1) is 0 Å². The molecule has 0 saturated heterocycles. The van der Waals surface area contributed by atoms with E-state index in [-0.39, 0.29) is 5.91 Å². The van der Waals surface area contributed by atoms with Gasteiger partial charge in [-0.3, -0.25) is 9.59 Å². The first-order valence-electron chi connectivity index (χ1n) is 8.74. The number of halogens is 1. The first-order valence-corrected chi connectivity index (χ1v) is 9.12. The second-order valence-corrected chi connectivity index (χ2v) is 6.63. The van der Waals surface area contributed by atoms with Gasteiger partial charge < -0.3 is 10.1 Å². The molecule has 0 saturated carbocycles. The van der Waals surface area contributed by atoms with Crippen LogP contribution < -0.4 is 10.1 Å². The Labute approximate surface area is 163 Å². The zero-order valence-corrected chi connectivity index (χ0v) is 15.9. The van der Waals surface area contributed by atoms with Crippen LogP contribution in [0.4, 0.5) is 0 Å². The zero-order valence-electron chi connectivity index (χ0n) is 15.2. The highest BCUT2D eigenvalue weighted by atomic mass is 35.5. The number of esters is 1. The molecule has 5 heteroatoms. The molecule has 3 aromatic rings. The summed E-state index contributed by atoms with van der Waals surface area (Å²) in [6.07, 6.45) is 0.345. The Balaban J connectivity index is 2.25. The van der Waals surface area contributed by atoms with E-state index >= 15 is 0 Å². The van der Waals surface area contributed by atoms with Gasteiger partial charge in [0, 0.05) is 23.9 Å². The molecule has 0 fully saturated rings. The fourth-order valence-corrected chi connectivity index (χ4v) is 3.18. The van der Waals surface area contributed by atoms with Crippen molar-refractivity contribution >= 4 is 34.2 Å². The standard InChI is InChI=1S/C22H20ClNO3/c1-3-20(26)24-22(16-8-11-17(23)12-9-16)21-18-7-5-4-6-15(18)10-13-19(21)27-14(2)25/h4-13,22H,3H2,1-2H3,(H,24,26)/t22-/m0/s1. The molecule has 0 aliphatic heterocycles. The summed E-state index contributed by atoms with van der Waals surface area (Å²) in [4.78, 5) is 23.9. The maximum atomic E-state index is 12.3. The van der Waals surface area contributed by atoms with Gasteiger partial charge in [-0.05, 0) is 34.5 Å². The summed E-state index contributed by atoms with van der Waals surface area (Å²) in [6, 6.07) is 18.3. The van der Waals surface area contributed by atoms with Crippen molar-refractivity contribution in [2.45, 2.75) is 26.3 Å². The van der Waals surface area contributed by atoms with Gasteiger partial charge in [0.05, 0.1) is 6.04 Å². The molecule has 0 radical (unpaired) electrons. The molecule has 138 valence electrons. The van der Waals surface area contributed by atoms with E-state index in [0.717, 1.165) is 21.9 Å². The SMILES string of the molecule is CCC(=O)N[C@@H](c1ccc(Cl)cc1)c1c(OC(C)=O)ccc2ccccc12. The predicted molar refractivity (Wildman–Crippen MR) is 107 cm³/mol. The molecule has 0 aromatic heterocycles. The molecule has 0 aliphatic carbocycles. The van der Waals surface area contributed by atoms with Gasteiger partial charge in [0.15, 0.2) is 0 Å². The fraction of sp³-hybridized carbons (Fsp3) is 0.182. The topological polar surface area (TPSA) is 55.4 Å². The van der Waals surface area contributed by atoms with Gasteiger partial charge in [-0.2, -0.15) is 0 Å². The second-order valence-electron chi connectivity index (χ2n) is 6.20. The lowest BCUT2D eigenvalue weighted by Crippen LogP contribution is -2.29. The summed E-state index contributed by atoms with van der Waals surface area (Å²) >= 11 is 6.03. The van der Waals surface area contributed by atoms with Crippen LogP contribution in [-0.4, -0.2) is 11.9 Å². The smallest absolute Gasteiger partial charge is 0.308 e. The van der Waals surface area contributed by atoms with E-state index in [2.05, 4.69) is 5.32 Å². The first kappa shape index (κ1) is 18.9. The third-order valence-corrected chi connectivity index (χ3v) is 4.55. The predicted octanol–water partition coefficient (Wildman–Crippen LogP) is 5.03. The molecule has 1 N–H and O–H groups in total. The molecule has 0 spiro atoms. The highest BCUT2D eigenvalue weighted by Gasteiger charge is 2.23. The number of hydrogen-bond acceptors (Lipinski definition) is 3. The van der Waals surface area contributed by atoms with Crippen molar-refractivity contribution in [3.63, 3.8) is 0 Å². The average Bonchev–Trinajstić information content (AvgIpc) is 2.66. The summed E-state index contributed by atoms with van der Waals surface area (Å²) in [6.45, 7) is 3.16. The molecule has 27 heavy (non-hydrogen) atoms. The lowest BCUT2D eigenvalue weighted by Gasteiger charge is -2.23. The van der Waals surface area contributed by atoms with Gasteiger partial charge >= 0.3 is 5.97 Å². The Morgan fingerprint density at radius 3 is 2.41 bits per heavy atom. The van der Waals surface area contributed by atoms with Crippen LogP contribution in [0.5, 0.6) is 5.75 Å². The Morgan fingerprint density at radius 1 is 1.04 bits per heavy atom. The van der Waals surface area contributed by atoms with Crippen LogP contribution in [0.25, 0.3) is 10.8 Å².